The number of hydrogen-bond donors (Lipinski definition) is 0. The van der Waals surface area contributed by atoms with Crippen LogP contribution in [0.25, 0.3) is 0 Å². The van der Waals surface area contributed by atoms with Gasteiger partial charge in [-0.05, 0) is 41.5 Å². The van der Waals surface area contributed by atoms with E-state index in [1.807, 2.05) is 6.07 Å². The number of hydrogen-bond acceptors (Lipinski definition) is 0. The number of rotatable bonds is 2. The molecule has 0 bridgehead atoms. The molecule has 94 valence electrons. The summed E-state index contributed by atoms with van der Waals surface area (Å²) in [7, 11) is 0. The van der Waals surface area contributed by atoms with E-state index < -0.39 is 0 Å². The monoisotopic (exact) mass is 410 g/mol. The second kappa shape index (κ2) is 5.91. The minimum absolute atomic E-state index is 0.155. The van der Waals surface area contributed by atoms with Crippen LogP contribution in [0.5, 0.6) is 0 Å². The van der Waals surface area contributed by atoms with Crippen molar-refractivity contribution < 1.29 is 4.39 Å². The maximum atomic E-state index is 13.3. The van der Waals surface area contributed by atoms with Gasteiger partial charge < -0.3 is 0 Å². The molecule has 0 aromatic heterocycles. The fourth-order valence-corrected chi connectivity index (χ4v) is 3.31. The average Bonchev–Trinajstić information content (AvgIpc) is 2.35. The molecular weight excluding hydrogens is 406 g/mol. The number of halogens is 5. The predicted molar refractivity (Wildman–Crippen MR) is 81.3 cm³/mol. The molecule has 0 saturated carbocycles. The van der Waals surface area contributed by atoms with E-state index >= 15 is 0 Å². The van der Waals surface area contributed by atoms with Crippen LogP contribution in [0.3, 0.4) is 0 Å². The quantitative estimate of drug-likeness (QED) is 0.502. The fourth-order valence-electron chi connectivity index (χ4n) is 1.56. The van der Waals surface area contributed by atoms with Crippen LogP contribution in [-0.4, -0.2) is 0 Å². The molecule has 0 aliphatic rings. The first-order valence-corrected chi connectivity index (χ1v) is 7.49. The molecular formula is C13H7Br2Cl2F. The summed E-state index contributed by atoms with van der Waals surface area (Å²) in [5.74, 6) is -0.280. The summed E-state index contributed by atoms with van der Waals surface area (Å²) in [6.45, 7) is 0. The van der Waals surface area contributed by atoms with E-state index in [9.17, 15) is 4.39 Å². The van der Waals surface area contributed by atoms with Crippen molar-refractivity contribution in [2.75, 3.05) is 0 Å². The Morgan fingerprint density at radius 2 is 1.72 bits per heavy atom. The molecule has 0 heterocycles. The van der Waals surface area contributed by atoms with Crippen LogP contribution in [0.2, 0.25) is 10.0 Å². The standard InChI is InChI=1S/C13H7Br2Cl2F/c14-10-3-2-8(18)6-9(10)13(15)7-1-4-11(16)12(17)5-7/h1-6,13H. The summed E-state index contributed by atoms with van der Waals surface area (Å²) in [5.41, 5.74) is 1.71. The normalized spacial score (nSPS) is 12.5. The van der Waals surface area contributed by atoms with Crippen molar-refractivity contribution in [2.45, 2.75) is 4.83 Å². The lowest BCUT2D eigenvalue weighted by atomic mass is 10.0. The van der Waals surface area contributed by atoms with Crippen LogP contribution in [0.1, 0.15) is 16.0 Å². The molecule has 0 aliphatic heterocycles. The lowest BCUT2D eigenvalue weighted by Gasteiger charge is -2.13. The summed E-state index contributed by atoms with van der Waals surface area (Å²) in [5, 5.41) is 0.976. The van der Waals surface area contributed by atoms with Crippen molar-refractivity contribution in [2.24, 2.45) is 0 Å². The highest BCUT2D eigenvalue weighted by Gasteiger charge is 2.15. The average molecular weight is 413 g/mol. The highest BCUT2D eigenvalue weighted by molar-refractivity contribution is 9.11. The highest BCUT2D eigenvalue weighted by atomic mass is 79.9. The smallest absolute Gasteiger partial charge is 0.123 e. The Kier molecular flexibility index (Phi) is 4.70. The lowest BCUT2D eigenvalue weighted by molar-refractivity contribution is 0.625. The first-order chi connectivity index (χ1) is 8.49. The van der Waals surface area contributed by atoms with Crippen LogP contribution in [-0.2, 0) is 0 Å². The van der Waals surface area contributed by atoms with Crippen LogP contribution >= 0.6 is 55.1 Å². The van der Waals surface area contributed by atoms with Crippen molar-refractivity contribution in [3.63, 3.8) is 0 Å². The Morgan fingerprint density at radius 3 is 2.39 bits per heavy atom. The molecule has 1 atom stereocenters. The van der Waals surface area contributed by atoms with E-state index in [0.29, 0.717) is 10.0 Å². The van der Waals surface area contributed by atoms with Gasteiger partial charge in [0.05, 0.1) is 14.9 Å². The maximum absolute atomic E-state index is 13.3. The zero-order chi connectivity index (χ0) is 13.3. The first kappa shape index (κ1) is 14.3. The topological polar surface area (TPSA) is 0 Å². The minimum atomic E-state index is -0.280. The van der Waals surface area contributed by atoms with E-state index in [-0.39, 0.29) is 10.6 Å². The molecule has 0 spiro atoms. The van der Waals surface area contributed by atoms with E-state index in [0.717, 1.165) is 15.6 Å². The third-order valence-electron chi connectivity index (χ3n) is 2.47. The summed E-state index contributed by atoms with van der Waals surface area (Å²) >= 11 is 18.8. The van der Waals surface area contributed by atoms with E-state index in [1.54, 1.807) is 18.2 Å². The summed E-state index contributed by atoms with van der Waals surface area (Å²) in [6, 6.07) is 9.90. The van der Waals surface area contributed by atoms with Gasteiger partial charge in [0.2, 0.25) is 0 Å². The van der Waals surface area contributed by atoms with Gasteiger partial charge in [0, 0.05) is 4.47 Å². The second-order valence-corrected chi connectivity index (χ2v) is 6.29. The molecule has 0 radical (unpaired) electrons. The molecule has 18 heavy (non-hydrogen) atoms. The molecule has 5 heteroatoms. The molecule has 0 amide bonds. The number of benzene rings is 2. The van der Waals surface area contributed by atoms with E-state index in [1.165, 1.54) is 12.1 Å². The van der Waals surface area contributed by atoms with Crippen molar-refractivity contribution in [1.82, 2.24) is 0 Å². The van der Waals surface area contributed by atoms with Crippen molar-refractivity contribution in [3.8, 4) is 0 Å². The van der Waals surface area contributed by atoms with Gasteiger partial charge in [-0.2, -0.15) is 0 Å². The van der Waals surface area contributed by atoms with E-state index in [4.69, 9.17) is 23.2 Å². The highest BCUT2D eigenvalue weighted by Crippen LogP contribution is 2.37. The van der Waals surface area contributed by atoms with Crippen LogP contribution in [0, 0.1) is 5.82 Å². The van der Waals surface area contributed by atoms with Gasteiger partial charge in [-0.1, -0.05) is 61.1 Å². The molecule has 0 fully saturated rings. The van der Waals surface area contributed by atoms with Gasteiger partial charge in [0.25, 0.3) is 0 Å². The van der Waals surface area contributed by atoms with Gasteiger partial charge >= 0.3 is 0 Å². The van der Waals surface area contributed by atoms with Crippen LogP contribution in [0.4, 0.5) is 4.39 Å². The summed E-state index contributed by atoms with van der Waals surface area (Å²) < 4.78 is 14.1. The summed E-state index contributed by atoms with van der Waals surface area (Å²) in [6.07, 6.45) is 0. The largest absolute Gasteiger partial charge is 0.207 e. The minimum Gasteiger partial charge on any atom is -0.207 e. The van der Waals surface area contributed by atoms with Crippen LogP contribution < -0.4 is 0 Å². The van der Waals surface area contributed by atoms with Gasteiger partial charge in [-0.15, -0.1) is 0 Å². The Hall–Kier alpha value is -0.0900. The molecule has 0 saturated heterocycles. The first-order valence-electron chi connectivity index (χ1n) is 5.03. The SMILES string of the molecule is Fc1ccc(Br)c(C(Br)c2ccc(Cl)c(Cl)c2)c1. The Balaban J connectivity index is 2.44. The molecule has 2 rings (SSSR count). The molecule has 0 aliphatic carbocycles. The molecule has 0 nitrogen and oxygen atoms in total. The van der Waals surface area contributed by atoms with Gasteiger partial charge in [0.15, 0.2) is 0 Å². The molecule has 1 unspecified atom stereocenters. The van der Waals surface area contributed by atoms with Crippen molar-refractivity contribution in [3.05, 3.63) is 67.9 Å². The molecule has 2 aromatic rings. The molecule has 0 N–H and O–H groups in total. The third-order valence-corrected chi connectivity index (χ3v) is 4.95. The Morgan fingerprint density at radius 1 is 1.00 bits per heavy atom. The van der Waals surface area contributed by atoms with Gasteiger partial charge in [0.1, 0.15) is 5.82 Å². The molecule has 2 aromatic carbocycles. The summed E-state index contributed by atoms with van der Waals surface area (Å²) in [4.78, 5) is -0.155. The van der Waals surface area contributed by atoms with Crippen molar-refractivity contribution >= 4 is 55.1 Å². The van der Waals surface area contributed by atoms with Gasteiger partial charge in [-0.3, -0.25) is 0 Å². The van der Waals surface area contributed by atoms with E-state index in [2.05, 4.69) is 31.9 Å². The Labute approximate surface area is 131 Å². The fraction of sp³-hybridized carbons (Fsp3) is 0.0769. The van der Waals surface area contributed by atoms with Crippen molar-refractivity contribution in [1.29, 1.82) is 0 Å². The zero-order valence-corrected chi connectivity index (χ0v) is 13.6. The lowest BCUT2D eigenvalue weighted by Crippen LogP contribution is -1.95. The zero-order valence-electron chi connectivity index (χ0n) is 8.93. The maximum Gasteiger partial charge on any atom is 0.123 e. The second-order valence-electron chi connectivity index (χ2n) is 3.70. The van der Waals surface area contributed by atoms with Gasteiger partial charge in [-0.25, -0.2) is 4.39 Å². The predicted octanol–water partition coefficient (Wildman–Crippen LogP) is 6.38. The third kappa shape index (κ3) is 3.08. The van der Waals surface area contributed by atoms with Crippen LogP contribution in [0.15, 0.2) is 40.9 Å². The Bertz CT molecular complexity index is 587. The number of alkyl halides is 1.